The predicted molar refractivity (Wildman–Crippen MR) is 47.8 cm³/mol. The zero-order valence-corrected chi connectivity index (χ0v) is 8.14. The van der Waals surface area contributed by atoms with Crippen molar-refractivity contribution >= 4 is 13.2 Å². The van der Waals surface area contributed by atoms with Gasteiger partial charge in [0.15, 0.2) is 0 Å². The number of aliphatic hydroxyl groups is 1. The lowest BCUT2D eigenvalue weighted by atomic mass is 10.3. The lowest BCUT2D eigenvalue weighted by Gasteiger charge is -2.14. The van der Waals surface area contributed by atoms with Crippen molar-refractivity contribution in [1.82, 2.24) is 0 Å². The summed E-state index contributed by atoms with van der Waals surface area (Å²) in [5.41, 5.74) is 0. The molecule has 2 N–H and O–H groups in total. The van der Waals surface area contributed by atoms with E-state index in [4.69, 9.17) is 5.11 Å². The first-order chi connectivity index (χ1) is 4.81. The fourth-order valence-electron chi connectivity index (χ4n) is 0.898. The largest absolute Gasteiger partial charge is 0.481 e. The van der Waals surface area contributed by atoms with Crippen molar-refractivity contribution in [3.05, 3.63) is 0 Å². The Labute approximate surface area is 67.8 Å². The molecule has 0 saturated carbocycles. The van der Waals surface area contributed by atoms with Crippen LogP contribution < -0.4 is 0 Å². The van der Waals surface area contributed by atoms with Crippen LogP contribution in [0.25, 0.3) is 0 Å². The van der Waals surface area contributed by atoms with Gasteiger partial charge in [0.25, 0.3) is 0 Å². The minimum Gasteiger partial charge on any atom is -0.481 e. The molecule has 0 aliphatic rings. The summed E-state index contributed by atoms with van der Waals surface area (Å²) in [5.74, 6) is -0.925. The first-order valence-electron chi connectivity index (χ1n) is 3.51. The maximum atomic E-state index is 10.1. The molecule has 0 spiro atoms. The minimum absolute atomic E-state index is 0.128. The number of hydrogen-bond acceptors (Lipinski definition) is 2. The summed E-state index contributed by atoms with van der Waals surface area (Å²) in [4.78, 5) is 10.1. The minimum atomic E-state index is -1.04. The van der Waals surface area contributed by atoms with Crippen LogP contribution in [0.4, 0.5) is 0 Å². The summed E-state index contributed by atoms with van der Waals surface area (Å²) in [7, 11) is -1.04. The Kier molecular flexibility index (Phi) is 3.98. The second kappa shape index (κ2) is 4.03. The Morgan fingerprint density at radius 1 is 1.45 bits per heavy atom. The van der Waals surface area contributed by atoms with E-state index < -0.39 is 19.3 Å². The third-order valence-corrected chi connectivity index (χ3v) is 2.69. The first-order valence-corrected chi connectivity index (χ1v) is 6.83. The molecule has 0 heterocycles. The quantitative estimate of drug-likeness (QED) is 0.625. The van der Waals surface area contributed by atoms with Gasteiger partial charge in [-0.1, -0.05) is 0 Å². The van der Waals surface area contributed by atoms with Crippen LogP contribution >= 0.6 is 7.26 Å². The van der Waals surface area contributed by atoms with Crippen LogP contribution in [0.3, 0.4) is 0 Å². The van der Waals surface area contributed by atoms with Gasteiger partial charge in [-0.2, -0.15) is 0 Å². The topological polar surface area (TPSA) is 57.5 Å². The second-order valence-corrected chi connectivity index (χ2v) is 8.67. The summed E-state index contributed by atoms with van der Waals surface area (Å²) in [6.07, 6.45) is -0.155. The smallest absolute Gasteiger partial charge is 0.306 e. The maximum Gasteiger partial charge on any atom is 0.306 e. The lowest BCUT2D eigenvalue weighted by molar-refractivity contribution is -0.138. The van der Waals surface area contributed by atoms with E-state index in [1.807, 2.05) is 0 Å². The van der Waals surface area contributed by atoms with E-state index in [1.54, 1.807) is 0 Å². The second-order valence-electron chi connectivity index (χ2n) is 3.72. The third kappa shape index (κ3) is 7.76. The molecule has 0 aliphatic heterocycles. The highest BCUT2D eigenvalue weighted by molar-refractivity contribution is 7.73. The van der Waals surface area contributed by atoms with Crippen LogP contribution in [-0.2, 0) is 4.79 Å². The average Bonchev–Trinajstić information content (AvgIpc) is 1.53. The third-order valence-electron chi connectivity index (χ3n) is 1.17. The van der Waals surface area contributed by atoms with Gasteiger partial charge in [0.1, 0.15) is 0 Å². The SMILES string of the molecule is C[P+](C)(C)CC(O)CC(=O)O. The van der Waals surface area contributed by atoms with E-state index in [2.05, 4.69) is 20.0 Å². The normalized spacial score (nSPS) is 14.5. The molecule has 0 aliphatic carbocycles. The van der Waals surface area contributed by atoms with E-state index >= 15 is 0 Å². The van der Waals surface area contributed by atoms with Crippen LogP contribution in [0.5, 0.6) is 0 Å². The van der Waals surface area contributed by atoms with E-state index in [1.165, 1.54) is 0 Å². The Morgan fingerprint density at radius 2 is 1.91 bits per heavy atom. The summed E-state index contributed by atoms with van der Waals surface area (Å²) in [5, 5.41) is 17.5. The molecule has 3 nitrogen and oxygen atoms in total. The van der Waals surface area contributed by atoms with Crippen molar-refractivity contribution in [2.75, 3.05) is 26.2 Å². The van der Waals surface area contributed by atoms with Crippen LogP contribution in [0.1, 0.15) is 6.42 Å². The molecule has 0 rings (SSSR count). The van der Waals surface area contributed by atoms with Crippen molar-refractivity contribution in [2.24, 2.45) is 0 Å². The zero-order chi connectivity index (χ0) is 9.07. The van der Waals surface area contributed by atoms with Gasteiger partial charge < -0.3 is 10.2 Å². The van der Waals surface area contributed by atoms with Gasteiger partial charge >= 0.3 is 5.97 Å². The van der Waals surface area contributed by atoms with Crippen molar-refractivity contribution in [3.63, 3.8) is 0 Å². The molecule has 0 radical (unpaired) electrons. The number of aliphatic carboxylic acids is 1. The standard InChI is InChI=1S/C7H15O3P/c1-11(2,3)5-6(8)4-7(9)10/h6,8H,4-5H2,1-3H3/p+1. The van der Waals surface area contributed by atoms with Gasteiger partial charge in [-0.05, 0) is 0 Å². The molecule has 0 fully saturated rings. The Morgan fingerprint density at radius 3 is 2.18 bits per heavy atom. The van der Waals surface area contributed by atoms with Crippen LogP contribution in [0.2, 0.25) is 0 Å². The fraction of sp³-hybridized carbons (Fsp3) is 0.857. The number of rotatable bonds is 4. The molecule has 0 aromatic rings. The zero-order valence-electron chi connectivity index (χ0n) is 7.24. The maximum absolute atomic E-state index is 10.1. The van der Waals surface area contributed by atoms with Gasteiger partial charge in [0.05, 0.1) is 18.7 Å². The average molecular weight is 179 g/mol. The fourth-order valence-corrected chi connectivity index (χ4v) is 2.29. The Balaban J connectivity index is 3.69. The Hall–Kier alpha value is -0.140. The van der Waals surface area contributed by atoms with Gasteiger partial charge in [0.2, 0.25) is 0 Å². The summed E-state index contributed by atoms with van der Waals surface area (Å²) in [6, 6.07) is 0. The molecule has 0 saturated heterocycles. The van der Waals surface area contributed by atoms with E-state index in [0.29, 0.717) is 6.16 Å². The highest BCUT2D eigenvalue weighted by Crippen LogP contribution is 2.47. The molecule has 11 heavy (non-hydrogen) atoms. The molecular formula is C7H16O3P+. The molecule has 0 bridgehead atoms. The molecule has 4 heteroatoms. The number of aliphatic hydroxyl groups excluding tert-OH is 1. The van der Waals surface area contributed by atoms with Gasteiger partial charge in [-0.25, -0.2) is 0 Å². The number of carboxylic acid groups (broad SMARTS) is 1. The van der Waals surface area contributed by atoms with E-state index in [9.17, 15) is 9.90 Å². The molecule has 1 unspecified atom stereocenters. The lowest BCUT2D eigenvalue weighted by Crippen LogP contribution is -2.18. The number of hydrogen-bond donors (Lipinski definition) is 2. The molecule has 0 aromatic heterocycles. The summed E-state index contributed by atoms with van der Waals surface area (Å²) < 4.78 is 0. The number of carbonyl (C=O) groups is 1. The van der Waals surface area contributed by atoms with E-state index in [-0.39, 0.29) is 6.42 Å². The first kappa shape index (κ1) is 10.9. The highest BCUT2D eigenvalue weighted by atomic mass is 31.2. The monoisotopic (exact) mass is 179 g/mol. The van der Waals surface area contributed by atoms with Gasteiger partial charge in [-0.15, -0.1) is 0 Å². The van der Waals surface area contributed by atoms with Gasteiger partial charge in [-0.3, -0.25) is 4.79 Å². The summed E-state index contributed by atoms with van der Waals surface area (Å²) >= 11 is 0. The molecular weight excluding hydrogens is 163 g/mol. The molecule has 0 amide bonds. The van der Waals surface area contributed by atoms with Crippen molar-refractivity contribution in [2.45, 2.75) is 12.5 Å². The van der Waals surface area contributed by atoms with Crippen molar-refractivity contribution in [1.29, 1.82) is 0 Å². The van der Waals surface area contributed by atoms with Crippen molar-refractivity contribution < 1.29 is 15.0 Å². The van der Waals surface area contributed by atoms with Crippen molar-refractivity contribution in [3.8, 4) is 0 Å². The molecule has 0 aromatic carbocycles. The van der Waals surface area contributed by atoms with Crippen LogP contribution in [-0.4, -0.2) is 48.4 Å². The Bertz CT molecular complexity index is 139. The van der Waals surface area contributed by atoms with Crippen LogP contribution in [0.15, 0.2) is 0 Å². The predicted octanol–water partition coefficient (Wildman–Crippen LogP) is 0.729. The van der Waals surface area contributed by atoms with Gasteiger partial charge in [0, 0.05) is 27.3 Å². The van der Waals surface area contributed by atoms with E-state index in [0.717, 1.165) is 0 Å². The van der Waals surface area contributed by atoms with Crippen LogP contribution in [0, 0.1) is 0 Å². The highest BCUT2D eigenvalue weighted by Gasteiger charge is 2.23. The molecule has 1 atom stereocenters. The number of carboxylic acids is 1. The molecule has 66 valence electrons. The summed E-state index contributed by atoms with van der Waals surface area (Å²) in [6.45, 7) is 6.24.